The van der Waals surface area contributed by atoms with Crippen LogP contribution in [-0.2, 0) is 23.8 Å². The zero-order valence-corrected chi connectivity index (χ0v) is 60.3. The van der Waals surface area contributed by atoms with Crippen molar-refractivity contribution in [3.8, 4) is 0 Å². The average molecular weight is 1300 g/mol. The molecule has 1 aliphatic heterocycles. The Bertz CT molecular complexity index is 1670. The number of esters is 1. The van der Waals surface area contributed by atoms with Gasteiger partial charge in [-0.1, -0.05) is 351 Å². The predicted octanol–water partition coefficient (Wildman–Crippen LogP) is 21.5. The molecule has 0 bridgehead atoms. The SMILES string of the molecule is CCCC/C=C/CC/C=C/CC/C=C/C(O)C(COC1OC(CO)C(O)C(O)C1O)NC(=O)CCCCCCCCCCCCCCCCCCC/C=C\CCCCCCCCCCCCCCCCCCCCOC(=O)CCCCCCCCCCCCCCC. The highest BCUT2D eigenvalue weighted by molar-refractivity contribution is 5.76. The van der Waals surface area contributed by atoms with Gasteiger partial charge in [0.2, 0.25) is 5.91 Å². The van der Waals surface area contributed by atoms with Crippen molar-refractivity contribution >= 4 is 11.9 Å². The Kier molecular flexibility index (Phi) is 66.6. The summed E-state index contributed by atoms with van der Waals surface area (Å²) in [5.74, 6) is -0.173. The topological polar surface area (TPSA) is 175 Å². The number of carbonyl (C=O) groups is 2. The number of hydrogen-bond acceptors (Lipinski definition) is 10. The monoisotopic (exact) mass is 1300 g/mol. The van der Waals surface area contributed by atoms with Crippen LogP contribution in [0.15, 0.2) is 48.6 Å². The molecule has 0 aliphatic carbocycles. The molecule has 0 aromatic heterocycles. The van der Waals surface area contributed by atoms with E-state index in [1.807, 2.05) is 6.08 Å². The fourth-order valence-electron chi connectivity index (χ4n) is 12.6. The molecular formula is C81H151NO10. The number of rotatable bonds is 71. The first kappa shape index (κ1) is 87.6. The summed E-state index contributed by atoms with van der Waals surface area (Å²) in [6.07, 6.45) is 83.0. The molecule has 540 valence electrons. The van der Waals surface area contributed by atoms with Gasteiger partial charge in [0.1, 0.15) is 24.4 Å². The normalized spacial score (nSPS) is 17.8. The number of aliphatic hydroxyl groups excluding tert-OH is 5. The van der Waals surface area contributed by atoms with Gasteiger partial charge < -0.3 is 45.1 Å². The van der Waals surface area contributed by atoms with Crippen LogP contribution in [0.25, 0.3) is 0 Å². The van der Waals surface area contributed by atoms with Crippen molar-refractivity contribution in [1.82, 2.24) is 5.32 Å². The summed E-state index contributed by atoms with van der Waals surface area (Å²) in [5.41, 5.74) is 0. The Morgan fingerprint density at radius 3 is 1.11 bits per heavy atom. The highest BCUT2D eigenvalue weighted by Gasteiger charge is 2.44. The van der Waals surface area contributed by atoms with Crippen LogP contribution in [0, 0.1) is 0 Å². The molecule has 1 aliphatic rings. The predicted molar refractivity (Wildman–Crippen MR) is 389 cm³/mol. The van der Waals surface area contributed by atoms with E-state index in [1.54, 1.807) is 6.08 Å². The first-order valence-corrected chi connectivity index (χ1v) is 39.9. The Hall–Kier alpha value is -2.38. The van der Waals surface area contributed by atoms with Gasteiger partial charge in [-0.2, -0.15) is 0 Å². The van der Waals surface area contributed by atoms with Crippen molar-refractivity contribution in [3.05, 3.63) is 48.6 Å². The third kappa shape index (κ3) is 57.8. The number of aliphatic hydroxyl groups is 5. The van der Waals surface area contributed by atoms with Crippen molar-refractivity contribution in [2.45, 2.75) is 436 Å². The van der Waals surface area contributed by atoms with Gasteiger partial charge in [-0.15, -0.1) is 0 Å². The molecule has 1 fully saturated rings. The van der Waals surface area contributed by atoms with Crippen LogP contribution >= 0.6 is 0 Å². The molecule has 0 spiro atoms. The molecular weight excluding hydrogens is 1150 g/mol. The molecule has 0 saturated carbocycles. The first-order valence-electron chi connectivity index (χ1n) is 39.9. The molecule has 7 atom stereocenters. The van der Waals surface area contributed by atoms with Crippen molar-refractivity contribution in [1.29, 1.82) is 0 Å². The lowest BCUT2D eigenvalue weighted by Gasteiger charge is -2.40. The summed E-state index contributed by atoms with van der Waals surface area (Å²) in [6, 6.07) is -0.832. The maximum absolute atomic E-state index is 13.1. The molecule has 6 N–H and O–H groups in total. The lowest BCUT2D eigenvalue weighted by molar-refractivity contribution is -0.302. The molecule has 1 saturated heterocycles. The maximum Gasteiger partial charge on any atom is 0.305 e. The third-order valence-electron chi connectivity index (χ3n) is 18.9. The molecule has 1 amide bonds. The summed E-state index contributed by atoms with van der Waals surface area (Å²) in [7, 11) is 0. The van der Waals surface area contributed by atoms with E-state index in [0.29, 0.717) is 19.4 Å². The van der Waals surface area contributed by atoms with E-state index in [4.69, 9.17) is 14.2 Å². The average Bonchev–Trinajstić information content (AvgIpc) is 1.08. The standard InChI is InChI=1S/C81H151NO10/c1-3-5-7-9-11-13-15-44-49-53-57-61-65-69-77(86)90-70-66-62-58-54-50-46-43-41-39-37-35-33-31-29-27-25-23-21-19-17-18-20-22-24-26-28-30-32-34-36-38-40-42-45-48-52-56-60-64-68-76(85)82-73(72-91-81-80(89)79(88)78(87)75(71-83)92-81)74(84)67-63-59-55-51-47-16-14-12-10-8-6-4-2/h10,12,17-18,47,51,63,67,73-75,78-81,83-84,87-89H,3-9,11,13-16,19-46,48-50,52-62,64-66,68-72H2,1-2H3,(H,82,85)/b12-10+,18-17-,51-47+,67-63+. The number of ether oxygens (including phenoxy) is 3. The van der Waals surface area contributed by atoms with E-state index in [2.05, 4.69) is 55.6 Å². The molecule has 0 aromatic rings. The van der Waals surface area contributed by atoms with Crippen LogP contribution in [0.5, 0.6) is 0 Å². The van der Waals surface area contributed by atoms with Crippen LogP contribution in [-0.4, -0.2) is 100 Å². The van der Waals surface area contributed by atoms with Crippen LogP contribution in [0.1, 0.15) is 393 Å². The van der Waals surface area contributed by atoms with E-state index in [1.165, 1.54) is 302 Å². The van der Waals surface area contributed by atoms with E-state index >= 15 is 0 Å². The number of unbranched alkanes of at least 4 members (excludes halogenated alkanes) is 51. The van der Waals surface area contributed by atoms with Gasteiger partial charge in [-0.05, 0) is 77.0 Å². The van der Waals surface area contributed by atoms with Crippen molar-refractivity contribution in [2.75, 3.05) is 19.8 Å². The molecule has 0 radical (unpaired) electrons. The minimum absolute atomic E-state index is 0.0185. The molecule has 11 heteroatoms. The maximum atomic E-state index is 13.1. The smallest absolute Gasteiger partial charge is 0.305 e. The van der Waals surface area contributed by atoms with E-state index in [9.17, 15) is 35.1 Å². The lowest BCUT2D eigenvalue weighted by atomic mass is 9.99. The number of amides is 1. The number of allylic oxidation sites excluding steroid dienone is 7. The molecule has 11 nitrogen and oxygen atoms in total. The number of nitrogens with one attached hydrogen (secondary N) is 1. The van der Waals surface area contributed by atoms with E-state index < -0.39 is 49.5 Å². The molecule has 0 aromatic carbocycles. The van der Waals surface area contributed by atoms with Crippen molar-refractivity contribution < 1.29 is 49.3 Å². The largest absolute Gasteiger partial charge is 0.466 e. The Morgan fingerprint density at radius 2 is 0.717 bits per heavy atom. The van der Waals surface area contributed by atoms with Crippen molar-refractivity contribution in [2.24, 2.45) is 0 Å². The minimum atomic E-state index is -1.58. The third-order valence-corrected chi connectivity index (χ3v) is 18.9. The minimum Gasteiger partial charge on any atom is -0.466 e. The van der Waals surface area contributed by atoms with Crippen molar-refractivity contribution in [3.63, 3.8) is 0 Å². The summed E-state index contributed by atoms with van der Waals surface area (Å²) in [4.78, 5) is 25.1. The zero-order valence-electron chi connectivity index (χ0n) is 60.3. The number of hydrogen-bond donors (Lipinski definition) is 6. The van der Waals surface area contributed by atoms with Gasteiger partial charge in [0.25, 0.3) is 0 Å². The van der Waals surface area contributed by atoms with Crippen LogP contribution in [0.4, 0.5) is 0 Å². The molecule has 1 heterocycles. The van der Waals surface area contributed by atoms with Gasteiger partial charge in [0, 0.05) is 12.8 Å². The summed E-state index contributed by atoms with van der Waals surface area (Å²) in [5, 5.41) is 54.5. The highest BCUT2D eigenvalue weighted by Crippen LogP contribution is 2.24. The molecule has 1 rings (SSSR count). The summed E-state index contributed by atoms with van der Waals surface area (Å²) in [6.45, 7) is 4.32. The van der Waals surface area contributed by atoms with Gasteiger partial charge in [0.15, 0.2) is 6.29 Å². The van der Waals surface area contributed by atoms with Gasteiger partial charge in [-0.25, -0.2) is 0 Å². The quantitative estimate of drug-likeness (QED) is 0.0195. The van der Waals surface area contributed by atoms with Crippen LogP contribution in [0.2, 0.25) is 0 Å². The van der Waals surface area contributed by atoms with Gasteiger partial charge >= 0.3 is 5.97 Å². The van der Waals surface area contributed by atoms with E-state index in [0.717, 1.165) is 64.2 Å². The van der Waals surface area contributed by atoms with Gasteiger partial charge in [-0.3, -0.25) is 9.59 Å². The fourth-order valence-corrected chi connectivity index (χ4v) is 12.6. The van der Waals surface area contributed by atoms with Gasteiger partial charge in [0.05, 0.1) is 32.0 Å². The number of carbonyl (C=O) groups excluding carboxylic acids is 2. The Balaban J connectivity index is 1.89. The molecule has 92 heavy (non-hydrogen) atoms. The fraction of sp³-hybridized carbons (Fsp3) is 0.877. The zero-order chi connectivity index (χ0) is 66.5. The van der Waals surface area contributed by atoms with E-state index in [-0.39, 0.29) is 18.5 Å². The summed E-state index contributed by atoms with van der Waals surface area (Å²) < 4.78 is 16.7. The first-order chi connectivity index (χ1) is 45.2. The second kappa shape index (κ2) is 70.0. The van der Waals surface area contributed by atoms with Crippen LogP contribution in [0.3, 0.4) is 0 Å². The van der Waals surface area contributed by atoms with Crippen LogP contribution < -0.4 is 5.32 Å². The summed E-state index contributed by atoms with van der Waals surface area (Å²) >= 11 is 0. The highest BCUT2D eigenvalue weighted by atomic mass is 16.7. The Labute approximate surface area is 567 Å². The lowest BCUT2D eigenvalue weighted by Crippen LogP contribution is -2.60. The molecule has 7 unspecified atom stereocenters. The Morgan fingerprint density at radius 1 is 0.391 bits per heavy atom. The second-order valence-electron chi connectivity index (χ2n) is 27.7. The second-order valence-corrected chi connectivity index (χ2v) is 27.7.